The Morgan fingerprint density at radius 1 is 1.37 bits per heavy atom. The van der Waals surface area contributed by atoms with E-state index < -0.39 is 0 Å². The number of imidazole rings is 1. The summed E-state index contributed by atoms with van der Waals surface area (Å²) in [5.74, 6) is 1.62. The standard InChI is InChI=1S/C21H18N4O3S2/c1-27-13-6-7-14-15(10-13)23-21(22-14)30-12-20(26)25-17(18-4-2-8-28-18)11-16(24-25)19-5-3-9-29-19/h2-10,17H,11-12H2,1H3,(H,22,23). The Hall–Kier alpha value is -3.04. The number of aromatic amines is 1. The van der Waals surface area contributed by atoms with Crippen LogP contribution in [0, 0.1) is 0 Å². The van der Waals surface area contributed by atoms with E-state index in [1.165, 1.54) is 11.8 Å². The first-order valence-electron chi connectivity index (χ1n) is 9.34. The van der Waals surface area contributed by atoms with E-state index in [9.17, 15) is 4.79 Å². The monoisotopic (exact) mass is 438 g/mol. The second-order valence-corrected chi connectivity index (χ2v) is 8.62. The van der Waals surface area contributed by atoms with E-state index in [2.05, 4.69) is 15.1 Å². The lowest BCUT2D eigenvalue weighted by atomic mass is 10.1. The average molecular weight is 439 g/mol. The van der Waals surface area contributed by atoms with Gasteiger partial charge < -0.3 is 14.1 Å². The van der Waals surface area contributed by atoms with Gasteiger partial charge in [0.25, 0.3) is 5.91 Å². The molecule has 0 aliphatic carbocycles. The number of carbonyl (C=O) groups is 1. The number of benzene rings is 1. The van der Waals surface area contributed by atoms with Gasteiger partial charge in [-0.15, -0.1) is 11.3 Å². The van der Waals surface area contributed by atoms with Gasteiger partial charge in [0.1, 0.15) is 17.6 Å². The van der Waals surface area contributed by atoms with Crippen molar-refractivity contribution in [3.8, 4) is 5.75 Å². The van der Waals surface area contributed by atoms with Crippen LogP contribution >= 0.6 is 23.1 Å². The summed E-state index contributed by atoms with van der Waals surface area (Å²) in [6.07, 6.45) is 2.26. The molecule has 1 aliphatic heterocycles. The molecule has 1 aromatic carbocycles. The van der Waals surface area contributed by atoms with E-state index in [-0.39, 0.29) is 17.7 Å². The zero-order valence-electron chi connectivity index (χ0n) is 16.1. The molecule has 0 bridgehead atoms. The van der Waals surface area contributed by atoms with Crippen LogP contribution in [0.3, 0.4) is 0 Å². The lowest BCUT2D eigenvalue weighted by Crippen LogP contribution is -2.28. The van der Waals surface area contributed by atoms with Crippen LogP contribution in [0.25, 0.3) is 11.0 Å². The minimum absolute atomic E-state index is 0.0917. The zero-order chi connectivity index (χ0) is 20.5. The van der Waals surface area contributed by atoms with E-state index in [0.29, 0.717) is 11.6 Å². The molecule has 1 N–H and O–H groups in total. The van der Waals surface area contributed by atoms with Gasteiger partial charge in [0.15, 0.2) is 5.16 Å². The third kappa shape index (κ3) is 3.61. The van der Waals surface area contributed by atoms with E-state index in [1.807, 2.05) is 47.8 Å². The maximum absolute atomic E-state index is 13.1. The van der Waals surface area contributed by atoms with Crippen molar-refractivity contribution in [2.24, 2.45) is 5.10 Å². The SMILES string of the molecule is COc1ccc2nc(SCC(=O)N3N=C(c4cccs4)CC3c3ccco3)[nH]c2c1. The number of methoxy groups -OCH3 is 1. The lowest BCUT2D eigenvalue weighted by Gasteiger charge is -2.19. The molecule has 0 radical (unpaired) electrons. The van der Waals surface area contributed by atoms with Crippen LogP contribution in [-0.4, -0.2) is 39.5 Å². The largest absolute Gasteiger partial charge is 0.497 e. The number of thioether (sulfide) groups is 1. The quantitative estimate of drug-likeness (QED) is 0.441. The molecule has 1 atom stereocenters. The Kier molecular flexibility index (Phi) is 5.06. The highest BCUT2D eigenvalue weighted by Gasteiger charge is 2.35. The number of carbonyl (C=O) groups excluding carboxylic acids is 1. The molecule has 7 nitrogen and oxygen atoms in total. The summed E-state index contributed by atoms with van der Waals surface area (Å²) >= 11 is 2.98. The van der Waals surface area contributed by atoms with Crippen LogP contribution in [0.15, 0.2) is 68.8 Å². The van der Waals surface area contributed by atoms with Crippen molar-refractivity contribution in [3.63, 3.8) is 0 Å². The summed E-state index contributed by atoms with van der Waals surface area (Å²) in [5.41, 5.74) is 2.61. The highest BCUT2D eigenvalue weighted by molar-refractivity contribution is 7.99. The van der Waals surface area contributed by atoms with Gasteiger partial charge in [0.2, 0.25) is 0 Å². The summed E-state index contributed by atoms with van der Waals surface area (Å²) in [7, 11) is 1.63. The van der Waals surface area contributed by atoms with Crippen molar-refractivity contribution in [1.29, 1.82) is 0 Å². The van der Waals surface area contributed by atoms with Gasteiger partial charge in [0, 0.05) is 12.5 Å². The van der Waals surface area contributed by atoms with Gasteiger partial charge in [-0.3, -0.25) is 4.79 Å². The molecule has 5 rings (SSSR count). The van der Waals surface area contributed by atoms with E-state index in [4.69, 9.17) is 9.15 Å². The van der Waals surface area contributed by atoms with Gasteiger partial charge in [-0.05, 0) is 35.7 Å². The molecule has 30 heavy (non-hydrogen) atoms. The summed E-state index contributed by atoms with van der Waals surface area (Å²) < 4.78 is 10.8. The number of rotatable bonds is 6. The van der Waals surface area contributed by atoms with Gasteiger partial charge in [-0.2, -0.15) is 5.10 Å². The molecular weight excluding hydrogens is 420 g/mol. The molecule has 0 fully saturated rings. The second kappa shape index (κ2) is 8.00. The Morgan fingerprint density at radius 2 is 2.30 bits per heavy atom. The highest BCUT2D eigenvalue weighted by atomic mass is 32.2. The van der Waals surface area contributed by atoms with Crippen LogP contribution < -0.4 is 4.74 Å². The number of thiophene rings is 1. The van der Waals surface area contributed by atoms with Gasteiger partial charge >= 0.3 is 0 Å². The maximum Gasteiger partial charge on any atom is 0.253 e. The number of nitrogens with one attached hydrogen (secondary N) is 1. The Bertz CT molecular complexity index is 1200. The highest BCUT2D eigenvalue weighted by Crippen LogP contribution is 2.35. The zero-order valence-corrected chi connectivity index (χ0v) is 17.7. The predicted octanol–water partition coefficient (Wildman–Crippen LogP) is 4.70. The number of H-pyrrole nitrogens is 1. The van der Waals surface area contributed by atoms with Crippen LogP contribution in [-0.2, 0) is 4.79 Å². The molecule has 4 aromatic rings. The second-order valence-electron chi connectivity index (χ2n) is 6.71. The van der Waals surface area contributed by atoms with Crippen molar-refractivity contribution in [2.45, 2.75) is 17.6 Å². The maximum atomic E-state index is 13.1. The number of hydrogen-bond acceptors (Lipinski definition) is 7. The molecule has 0 saturated heterocycles. The number of hydrazone groups is 1. The van der Waals surface area contributed by atoms with E-state index in [0.717, 1.165) is 33.1 Å². The Labute approximate surface area is 180 Å². The van der Waals surface area contributed by atoms with Gasteiger partial charge in [0.05, 0.1) is 40.7 Å². The number of aromatic nitrogens is 2. The third-order valence-electron chi connectivity index (χ3n) is 4.84. The molecule has 1 unspecified atom stereocenters. The molecular formula is C21H18N4O3S2. The predicted molar refractivity (Wildman–Crippen MR) is 117 cm³/mol. The molecule has 1 aliphatic rings. The number of nitrogens with zero attached hydrogens (tertiary/aromatic N) is 3. The fraction of sp³-hybridized carbons (Fsp3) is 0.190. The molecule has 4 heterocycles. The van der Waals surface area contributed by atoms with Gasteiger partial charge in [-0.25, -0.2) is 9.99 Å². The van der Waals surface area contributed by atoms with Crippen molar-refractivity contribution in [2.75, 3.05) is 12.9 Å². The molecule has 0 spiro atoms. The fourth-order valence-electron chi connectivity index (χ4n) is 3.39. The summed E-state index contributed by atoms with van der Waals surface area (Å²) in [5, 5.41) is 8.88. The smallest absolute Gasteiger partial charge is 0.253 e. The first kappa shape index (κ1) is 19.0. The minimum atomic E-state index is -0.231. The first-order valence-corrected chi connectivity index (χ1v) is 11.2. The topological polar surface area (TPSA) is 83.7 Å². The van der Waals surface area contributed by atoms with Crippen LogP contribution in [0.4, 0.5) is 0 Å². The molecule has 1 amide bonds. The summed E-state index contributed by atoms with van der Waals surface area (Å²) in [6, 6.07) is 13.1. The van der Waals surface area contributed by atoms with E-state index >= 15 is 0 Å². The number of furan rings is 1. The number of fused-ring (bicyclic) bond motifs is 1. The van der Waals surface area contributed by atoms with Crippen molar-refractivity contribution >= 4 is 45.8 Å². The van der Waals surface area contributed by atoms with Gasteiger partial charge in [-0.1, -0.05) is 17.8 Å². The average Bonchev–Trinajstić information content (AvgIpc) is 3.55. The molecule has 3 aromatic heterocycles. The number of hydrogen-bond donors (Lipinski definition) is 1. The van der Waals surface area contributed by atoms with E-state index in [1.54, 1.807) is 29.7 Å². The van der Waals surface area contributed by atoms with Crippen molar-refractivity contribution in [1.82, 2.24) is 15.0 Å². The minimum Gasteiger partial charge on any atom is -0.497 e. The summed E-state index contributed by atoms with van der Waals surface area (Å²) in [4.78, 5) is 21.9. The van der Waals surface area contributed by atoms with Crippen molar-refractivity contribution in [3.05, 3.63) is 64.7 Å². The molecule has 0 saturated carbocycles. The van der Waals surface area contributed by atoms with Crippen molar-refractivity contribution < 1.29 is 13.9 Å². The normalized spacial score (nSPS) is 16.2. The number of amides is 1. The Balaban J connectivity index is 1.34. The van der Waals surface area contributed by atoms with Crippen LogP contribution in [0.2, 0.25) is 0 Å². The first-order chi connectivity index (χ1) is 14.7. The number of ether oxygens (including phenoxy) is 1. The van der Waals surface area contributed by atoms with Crippen LogP contribution in [0.5, 0.6) is 5.75 Å². The molecule has 152 valence electrons. The third-order valence-corrected chi connectivity index (χ3v) is 6.62. The Morgan fingerprint density at radius 3 is 3.07 bits per heavy atom. The summed E-state index contributed by atoms with van der Waals surface area (Å²) in [6.45, 7) is 0. The van der Waals surface area contributed by atoms with Crippen LogP contribution in [0.1, 0.15) is 23.1 Å². The lowest BCUT2D eigenvalue weighted by molar-refractivity contribution is -0.130. The molecule has 9 heteroatoms. The fourth-order valence-corrected chi connectivity index (χ4v) is 4.85.